The highest BCUT2D eigenvalue weighted by molar-refractivity contribution is 6.30. The van der Waals surface area contributed by atoms with E-state index in [1.165, 1.54) is 63.4 Å². The minimum absolute atomic E-state index is 0.0722. The van der Waals surface area contributed by atoms with Crippen LogP contribution in [0.1, 0.15) is 114 Å². The van der Waals surface area contributed by atoms with E-state index in [9.17, 15) is 4.79 Å². The Kier molecular flexibility index (Phi) is 10.4. The van der Waals surface area contributed by atoms with Crippen molar-refractivity contribution in [2.45, 2.75) is 103 Å². The van der Waals surface area contributed by atoms with Gasteiger partial charge in [0.05, 0.1) is 25.6 Å². The first-order valence-electron chi connectivity index (χ1n) is 15.3. The van der Waals surface area contributed by atoms with Gasteiger partial charge in [0, 0.05) is 28.0 Å². The van der Waals surface area contributed by atoms with Crippen LogP contribution in [0.2, 0.25) is 5.02 Å². The molecule has 2 aliphatic rings. The molecule has 2 aliphatic heterocycles. The fraction of sp³-hybridized carbons (Fsp3) is 0.618. The van der Waals surface area contributed by atoms with Crippen LogP contribution in [0, 0.1) is 5.41 Å². The number of fused-ring (bicyclic) bond motifs is 5. The minimum Gasteiger partial charge on any atom is -0.457 e. The fourth-order valence-electron chi connectivity index (χ4n) is 6.48. The first-order valence-corrected chi connectivity index (χ1v) is 15.7. The normalized spacial score (nSPS) is 21.9. The number of hydrogen-bond donors (Lipinski definition) is 0. The maximum atomic E-state index is 13.2. The summed E-state index contributed by atoms with van der Waals surface area (Å²) < 4.78 is 13.1. The largest absolute Gasteiger partial charge is 0.457 e. The number of ether oxygens (including phenoxy) is 2. The molecule has 1 unspecified atom stereocenters. The van der Waals surface area contributed by atoms with Gasteiger partial charge in [-0.3, -0.25) is 9.28 Å². The van der Waals surface area contributed by atoms with E-state index >= 15 is 0 Å². The predicted molar refractivity (Wildman–Crippen MR) is 161 cm³/mol. The molecule has 5 heteroatoms. The van der Waals surface area contributed by atoms with Crippen LogP contribution in [0.3, 0.4) is 0 Å². The molecule has 0 N–H and O–H groups in total. The van der Waals surface area contributed by atoms with Gasteiger partial charge < -0.3 is 9.47 Å². The average molecular weight is 555 g/mol. The van der Waals surface area contributed by atoms with Crippen LogP contribution in [0.15, 0.2) is 42.5 Å². The third kappa shape index (κ3) is 7.79. The van der Waals surface area contributed by atoms with Gasteiger partial charge in [-0.2, -0.15) is 0 Å². The molecule has 3 atom stereocenters. The van der Waals surface area contributed by atoms with Crippen LogP contribution in [0.5, 0.6) is 11.5 Å². The molecule has 2 heterocycles. The Hall–Kier alpha value is -2.04. The minimum atomic E-state index is -0.455. The number of esters is 1. The van der Waals surface area contributed by atoms with Crippen LogP contribution in [0.25, 0.3) is 0 Å². The van der Waals surface area contributed by atoms with Crippen LogP contribution < -0.4 is 4.74 Å². The third-order valence-corrected chi connectivity index (χ3v) is 9.12. The standard InChI is InChI=1S/C34H49ClNO3/c1-5-6-7-8-9-10-11-12-13-16-21-34(2,3)33(37)38-25-36(4)23-29-27-17-14-15-18-31(27)39-32-20-19-26(35)22-28(32)30(29)24-36/h14-15,17-20,22,29-30H,5-13,16,21,23-25H2,1-4H3/q+1/t29-,30-,36?/m0/s1. The summed E-state index contributed by atoms with van der Waals surface area (Å²) in [7, 11) is 2.21. The highest BCUT2D eigenvalue weighted by Gasteiger charge is 2.48. The number of likely N-dealkylation sites (N-methyl/N-ethyl adjacent to an activating group) is 1. The second-order valence-corrected chi connectivity index (χ2v) is 13.3. The van der Waals surface area contributed by atoms with Crippen molar-refractivity contribution in [2.24, 2.45) is 5.41 Å². The highest BCUT2D eigenvalue weighted by atomic mass is 35.5. The van der Waals surface area contributed by atoms with E-state index in [1.54, 1.807) is 0 Å². The zero-order valence-corrected chi connectivity index (χ0v) is 25.4. The van der Waals surface area contributed by atoms with Crippen molar-refractivity contribution in [3.05, 3.63) is 58.6 Å². The second-order valence-electron chi connectivity index (χ2n) is 12.9. The zero-order chi connectivity index (χ0) is 27.9. The molecule has 4 nitrogen and oxygen atoms in total. The molecule has 0 aromatic heterocycles. The molecule has 0 radical (unpaired) electrons. The number of likely N-dealkylation sites (tertiary alicyclic amines) is 1. The number of quaternary nitrogens is 1. The Morgan fingerprint density at radius 3 is 2.18 bits per heavy atom. The number of benzene rings is 2. The van der Waals surface area contributed by atoms with E-state index in [-0.39, 0.29) is 17.8 Å². The van der Waals surface area contributed by atoms with Gasteiger partial charge in [-0.25, -0.2) is 0 Å². The summed E-state index contributed by atoms with van der Waals surface area (Å²) in [6.07, 6.45) is 13.9. The first-order chi connectivity index (χ1) is 18.7. The van der Waals surface area contributed by atoms with Crippen molar-refractivity contribution in [3.63, 3.8) is 0 Å². The molecule has 0 spiro atoms. The number of carbonyl (C=O) groups is 1. The topological polar surface area (TPSA) is 35.5 Å². The summed E-state index contributed by atoms with van der Waals surface area (Å²) in [6.45, 7) is 8.52. The van der Waals surface area contributed by atoms with Crippen molar-refractivity contribution >= 4 is 17.6 Å². The maximum absolute atomic E-state index is 13.2. The Labute approximate surface area is 241 Å². The van der Waals surface area contributed by atoms with Crippen LogP contribution >= 0.6 is 11.6 Å². The van der Waals surface area contributed by atoms with Crippen LogP contribution in [-0.2, 0) is 9.53 Å². The van der Waals surface area contributed by atoms with E-state index in [4.69, 9.17) is 21.1 Å². The molecule has 2 aromatic rings. The van der Waals surface area contributed by atoms with Gasteiger partial charge in [0.15, 0.2) is 0 Å². The van der Waals surface area contributed by atoms with Crippen molar-refractivity contribution in [1.29, 1.82) is 0 Å². The number of hydrogen-bond acceptors (Lipinski definition) is 3. The molecule has 2 aromatic carbocycles. The smallest absolute Gasteiger partial charge is 0.315 e. The van der Waals surface area contributed by atoms with Gasteiger partial charge in [-0.1, -0.05) is 101 Å². The van der Waals surface area contributed by atoms with Gasteiger partial charge in [-0.05, 0) is 44.5 Å². The fourth-order valence-corrected chi connectivity index (χ4v) is 6.66. The lowest BCUT2D eigenvalue weighted by molar-refractivity contribution is -0.915. The number of rotatable bonds is 14. The Bertz CT molecular complexity index is 1100. The van der Waals surface area contributed by atoms with E-state index in [0.717, 1.165) is 48.0 Å². The molecule has 0 amide bonds. The number of para-hydroxylation sites is 1. The molecule has 0 aliphatic carbocycles. The number of carbonyl (C=O) groups excluding carboxylic acids is 1. The van der Waals surface area contributed by atoms with Crippen LogP contribution in [-0.4, -0.2) is 37.3 Å². The Morgan fingerprint density at radius 2 is 1.49 bits per heavy atom. The predicted octanol–water partition coefficient (Wildman–Crippen LogP) is 9.61. The lowest BCUT2D eigenvalue weighted by Crippen LogP contribution is -2.45. The van der Waals surface area contributed by atoms with Gasteiger partial charge in [0.1, 0.15) is 11.5 Å². The van der Waals surface area contributed by atoms with Crippen LogP contribution in [0.4, 0.5) is 0 Å². The van der Waals surface area contributed by atoms with Crippen molar-refractivity contribution in [2.75, 3.05) is 26.9 Å². The third-order valence-electron chi connectivity index (χ3n) is 8.89. The van der Waals surface area contributed by atoms with Gasteiger partial charge in [0.2, 0.25) is 6.73 Å². The molecule has 0 bridgehead atoms. The van der Waals surface area contributed by atoms with Gasteiger partial charge in [-0.15, -0.1) is 0 Å². The van der Waals surface area contributed by atoms with Crippen molar-refractivity contribution in [1.82, 2.24) is 0 Å². The molecular weight excluding hydrogens is 506 g/mol. The van der Waals surface area contributed by atoms with Crippen molar-refractivity contribution < 1.29 is 18.8 Å². The van der Waals surface area contributed by atoms with E-state index in [0.29, 0.717) is 11.2 Å². The van der Waals surface area contributed by atoms with E-state index in [1.807, 2.05) is 32.0 Å². The lowest BCUT2D eigenvalue weighted by atomic mass is 9.84. The number of halogens is 1. The second kappa shape index (κ2) is 13.5. The van der Waals surface area contributed by atoms with Gasteiger partial charge >= 0.3 is 5.97 Å². The molecule has 4 rings (SSSR count). The number of unbranched alkanes of at least 4 members (excludes halogenated alkanes) is 9. The summed E-state index contributed by atoms with van der Waals surface area (Å²) in [5, 5.41) is 0.725. The summed E-state index contributed by atoms with van der Waals surface area (Å²) >= 11 is 6.43. The zero-order valence-electron chi connectivity index (χ0n) is 24.6. The highest BCUT2D eigenvalue weighted by Crippen LogP contribution is 2.51. The Balaban J connectivity index is 1.29. The Morgan fingerprint density at radius 1 is 0.897 bits per heavy atom. The molecular formula is C34H49ClNO3+. The summed E-state index contributed by atoms with van der Waals surface area (Å²) in [4.78, 5) is 13.2. The molecule has 214 valence electrons. The quantitative estimate of drug-likeness (QED) is 0.132. The lowest BCUT2D eigenvalue weighted by Gasteiger charge is -2.31. The maximum Gasteiger partial charge on any atom is 0.315 e. The molecule has 1 saturated heterocycles. The molecule has 0 saturated carbocycles. The molecule has 1 fully saturated rings. The first kappa shape index (κ1) is 29.9. The number of nitrogens with zero attached hydrogens (tertiary/aromatic N) is 1. The van der Waals surface area contributed by atoms with E-state index < -0.39 is 5.41 Å². The molecule has 39 heavy (non-hydrogen) atoms. The summed E-state index contributed by atoms with van der Waals surface area (Å²) in [6, 6.07) is 14.3. The van der Waals surface area contributed by atoms with Gasteiger partial charge in [0.25, 0.3) is 0 Å². The van der Waals surface area contributed by atoms with E-state index in [2.05, 4.69) is 38.2 Å². The SMILES string of the molecule is CCCCCCCCCCCCC(C)(C)C(=O)OC[N+]1(C)C[C@H]2c3ccccc3Oc3ccc(Cl)cc3[C@@H]2C1. The van der Waals surface area contributed by atoms with Crippen molar-refractivity contribution in [3.8, 4) is 11.5 Å². The average Bonchev–Trinajstić information content (AvgIpc) is 3.21. The summed E-state index contributed by atoms with van der Waals surface area (Å²) in [5.41, 5.74) is 1.92. The monoisotopic (exact) mass is 554 g/mol. The summed E-state index contributed by atoms with van der Waals surface area (Å²) in [5.74, 6) is 2.26.